The van der Waals surface area contributed by atoms with Gasteiger partial charge in [-0.05, 0) is 12.0 Å². The molecule has 0 aliphatic carbocycles. The SMILES string of the molecule is CC(CNC(=O)c1cc(Cl)ncc1Cl)CC(=O)O. The first-order valence-corrected chi connectivity index (χ1v) is 5.96. The molecule has 0 aromatic carbocycles. The van der Waals surface area contributed by atoms with Crippen molar-refractivity contribution in [1.29, 1.82) is 0 Å². The van der Waals surface area contributed by atoms with Crippen LogP contribution in [0.5, 0.6) is 0 Å². The van der Waals surface area contributed by atoms with Crippen LogP contribution in [0.4, 0.5) is 0 Å². The van der Waals surface area contributed by atoms with E-state index in [1.165, 1.54) is 12.3 Å². The first kappa shape index (κ1) is 14.7. The summed E-state index contributed by atoms with van der Waals surface area (Å²) in [6.07, 6.45) is 1.28. The second-order valence-electron chi connectivity index (χ2n) is 3.90. The maximum absolute atomic E-state index is 11.8. The molecule has 1 aromatic rings. The number of aromatic nitrogens is 1. The minimum absolute atomic E-state index is 0.00882. The van der Waals surface area contributed by atoms with Crippen LogP contribution >= 0.6 is 23.2 Å². The van der Waals surface area contributed by atoms with Crippen molar-refractivity contribution in [2.75, 3.05) is 6.54 Å². The molecule has 1 aromatic heterocycles. The molecule has 0 aliphatic heterocycles. The number of carboxylic acids is 1. The number of halogens is 2. The number of pyridine rings is 1. The van der Waals surface area contributed by atoms with E-state index in [-0.39, 0.29) is 34.6 Å². The molecule has 1 atom stereocenters. The van der Waals surface area contributed by atoms with Crippen molar-refractivity contribution in [3.05, 3.63) is 28.0 Å². The molecule has 0 fully saturated rings. The van der Waals surface area contributed by atoms with Crippen LogP contribution in [0.2, 0.25) is 10.2 Å². The number of carboxylic acid groups (broad SMARTS) is 1. The third-order valence-electron chi connectivity index (χ3n) is 2.20. The van der Waals surface area contributed by atoms with Gasteiger partial charge < -0.3 is 10.4 Å². The van der Waals surface area contributed by atoms with Crippen molar-refractivity contribution < 1.29 is 14.7 Å². The number of carbonyl (C=O) groups is 2. The quantitative estimate of drug-likeness (QED) is 0.815. The van der Waals surface area contributed by atoms with Gasteiger partial charge in [0.05, 0.1) is 10.6 Å². The summed E-state index contributed by atoms with van der Waals surface area (Å²) in [5, 5.41) is 11.6. The van der Waals surface area contributed by atoms with Crippen LogP contribution in [-0.4, -0.2) is 28.5 Å². The van der Waals surface area contributed by atoms with Crippen molar-refractivity contribution in [2.45, 2.75) is 13.3 Å². The molecule has 18 heavy (non-hydrogen) atoms. The van der Waals surface area contributed by atoms with Gasteiger partial charge in [0.2, 0.25) is 0 Å². The van der Waals surface area contributed by atoms with Crippen molar-refractivity contribution in [1.82, 2.24) is 10.3 Å². The second-order valence-corrected chi connectivity index (χ2v) is 4.69. The van der Waals surface area contributed by atoms with Gasteiger partial charge in [0.1, 0.15) is 5.15 Å². The third-order valence-corrected chi connectivity index (χ3v) is 2.71. The summed E-state index contributed by atoms with van der Waals surface area (Å²) >= 11 is 11.5. The highest BCUT2D eigenvalue weighted by Crippen LogP contribution is 2.17. The van der Waals surface area contributed by atoms with Crippen LogP contribution in [0.3, 0.4) is 0 Å². The zero-order valence-electron chi connectivity index (χ0n) is 9.61. The van der Waals surface area contributed by atoms with Crippen molar-refractivity contribution in [3.63, 3.8) is 0 Å². The lowest BCUT2D eigenvalue weighted by atomic mass is 10.1. The number of amides is 1. The summed E-state index contributed by atoms with van der Waals surface area (Å²) < 4.78 is 0. The van der Waals surface area contributed by atoms with Crippen molar-refractivity contribution in [3.8, 4) is 0 Å². The molecule has 0 saturated carbocycles. The summed E-state index contributed by atoms with van der Waals surface area (Å²) in [7, 11) is 0. The maximum Gasteiger partial charge on any atom is 0.303 e. The van der Waals surface area contributed by atoms with Gasteiger partial charge in [0.15, 0.2) is 0 Å². The van der Waals surface area contributed by atoms with Gasteiger partial charge in [0, 0.05) is 19.2 Å². The molecule has 7 heteroatoms. The van der Waals surface area contributed by atoms with E-state index < -0.39 is 11.9 Å². The van der Waals surface area contributed by atoms with Crippen LogP contribution in [0.25, 0.3) is 0 Å². The van der Waals surface area contributed by atoms with Gasteiger partial charge in [-0.3, -0.25) is 9.59 Å². The largest absolute Gasteiger partial charge is 0.481 e. The van der Waals surface area contributed by atoms with E-state index in [4.69, 9.17) is 28.3 Å². The Balaban J connectivity index is 2.60. The Morgan fingerprint density at radius 2 is 2.17 bits per heavy atom. The summed E-state index contributed by atoms with van der Waals surface area (Å²) in [5.74, 6) is -1.47. The molecule has 0 radical (unpaired) electrons. The average Bonchev–Trinajstić information content (AvgIpc) is 2.28. The number of hydrogen-bond acceptors (Lipinski definition) is 3. The predicted octanol–water partition coefficient (Wildman–Crippen LogP) is 2.23. The normalized spacial score (nSPS) is 11.9. The lowest BCUT2D eigenvalue weighted by molar-refractivity contribution is -0.137. The van der Waals surface area contributed by atoms with Crippen LogP contribution in [0.15, 0.2) is 12.3 Å². The lowest BCUT2D eigenvalue weighted by Crippen LogP contribution is -2.29. The van der Waals surface area contributed by atoms with E-state index in [0.717, 1.165) is 0 Å². The monoisotopic (exact) mass is 290 g/mol. The lowest BCUT2D eigenvalue weighted by Gasteiger charge is -2.11. The first-order valence-electron chi connectivity index (χ1n) is 5.21. The number of rotatable bonds is 5. The molecule has 0 bridgehead atoms. The zero-order chi connectivity index (χ0) is 13.7. The number of hydrogen-bond donors (Lipinski definition) is 2. The highest BCUT2D eigenvalue weighted by atomic mass is 35.5. The Kier molecular flexibility index (Phi) is 5.37. The molecule has 98 valence electrons. The minimum Gasteiger partial charge on any atom is -0.481 e. The van der Waals surface area contributed by atoms with E-state index in [9.17, 15) is 9.59 Å². The Morgan fingerprint density at radius 1 is 1.50 bits per heavy atom. The summed E-state index contributed by atoms with van der Waals surface area (Å²) in [4.78, 5) is 26.0. The number of nitrogens with one attached hydrogen (secondary N) is 1. The van der Waals surface area contributed by atoms with Crippen molar-refractivity contribution >= 4 is 35.1 Å². The van der Waals surface area contributed by atoms with Gasteiger partial charge >= 0.3 is 5.97 Å². The smallest absolute Gasteiger partial charge is 0.303 e. The highest BCUT2D eigenvalue weighted by Gasteiger charge is 2.14. The second kappa shape index (κ2) is 6.56. The van der Waals surface area contributed by atoms with Gasteiger partial charge in [0.25, 0.3) is 5.91 Å². The summed E-state index contributed by atoms with van der Waals surface area (Å²) in [6, 6.07) is 1.36. The molecular formula is C11H12Cl2N2O3. The number of aliphatic carboxylic acids is 1. The minimum atomic E-state index is -0.901. The fourth-order valence-corrected chi connectivity index (χ4v) is 1.67. The van der Waals surface area contributed by atoms with Crippen molar-refractivity contribution in [2.24, 2.45) is 5.92 Å². The maximum atomic E-state index is 11.8. The zero-order valence-corrected chi connectivity index (χ0v) is 11.1. The molecule has 0 saturated heterocycles. The molecule has 5 nitrogen and oxygen atoms in total. The standard InChI is InChI=1S/C11H12Cl2N2O3/c1-6(2-10(16)17)4-15-11(18)7-3-9(13)14-5-8(7)12/h3,5-6H,2,4H2,1H3,(H,15,18)(H,16,17). The molecule has 0 spiro atoms. The van der Waals surface area contributed by atoms with E-state index in [2.05, 4.69) is 10.3 Å². The molecule has 1 unspecified atom stereocenters. The van der Waals surface area contributed by atoms with E-state index in [1.54, 1.807) is 6.92 Å². The molecule has 2 N–H and O–H groups in total. The number of carbonyl (C=O) groups excluding carboxylic acids is 1. The summed E-state index contributed by atoms with van der Waals surface area (Å²) in [5.41, 5.74) is 0.221. The molecular weight excluding hydrogens is 279 g/mol. The van der Waals surface area contributed by atoms with Gasteiger partial charge in [-0.15, -0.1) is 0 Å². The Bertz CT molecular complexity index is 466. The van der Waals surface area contributed by atoms with E-state index in [1.807, 2.05) is 0 Å². The number of nitrogens with zero attached hydrogens (tertiary/aromatic N) is 1. The summed E-state index contributed by atoms with van der Waals surface area (Å²) in [6.45, 7) is 1.98. The average molecular weight is 291 g/mol. The Morgan fingerprint density at radius 3 is 2.78 bits per heavy atom. The molecule has 1 heterocycles. The van der Waals surface area contributed by atoms with Crippen LogP contribution in [0, 0.1) is 5.92 Å². The predicted molar refractivity (Wildman–Crippen MR) is 68.0 cm³/mol. The first-order chi connectivity index (χ1) is 8.40. The van der Waals surface area contributed by atoms with Crippen LogP contribution in [-0.2, 0) is 4.79 Å². The fraction of sp³-hybridized carbons (Fsp3) is 0.364. The third kappa shape index (κ3) is 4.50. The van der Waals surface area contributed by atoms with Gasteiger partial charge in [-0.1, -0.05) is 30.1 Å². The van der Waals surface area contributed by atoms with E-state index >= 15 is 0 Å². The Labute approximate surface area is 114 Å². The highest BCUT2D eigenvalue weighted by molar-refractivity contribution is 6.35. The molecule has 0 aliphatic rings. The van der Waals surface area contributed by atoms with E-state index in [0.29, 0.717) is 0 Å². The van der Waals surface area contributed by atoms with Crippen LogP contribution in [0.1, 0.15) is 23.7 Å². The fourth-order valence-electron chi connectivity index (χ4n) is 1.32. The topological polar surface area (TPSA) is 79.3 Å². The molecule has 1 rings (SSSR count). The molecule has 1 amide bonds. The van der Waals surface area contributed by atoms with Crippen LogP contribution < -0.4 is 5.32 Å². The van der Waals surface area contributed by atoms with Gasteiger partial charge in [-0.2, -0.15) is 0 Å². The van der Waals surface area contributed by atoms with Gasteiger partial charge in [-0.25, -0.2) is 4.98 Å². The Hall–Kier alpha value is -1.33.